The van der Waals surface area contributed by atoms with E-state index < -0.39 is 23.3 Å². The molecule has 1 aromatic heterocycles. The number of hydrogen-bond acceptors (Lipinski definition) is 2. The molecule has 124 valence electrons. The molecule has 1 aliphatic rings. The van der Waals surface area contributed by atoms with Crippen LogP contribution in [-0.2, 0) is 0 Å². The van der Waals surface area contributed by atoms with Crippen LogP contribution in [-0.4, -0.2) is 16.9 Å². The van der Waals surface area contributed by atoms with Gasteiger partial charge in [0.1, 0.15) is 11.4 Å². The van der Waals surface area contributed by atoms with Gasteiger partial charge in [-0.2, -0.15) is 13.2 Å². The van der Waals surface area contributed by atoms with Crippen LogP contribution < -0.4 is 0 Å². The second-order valence-electron chi connectivity index (χ2n) is 5.65. The normalized spacial score (nSPS) is 14.3. The Kier molecular flexibility index (Phi) is 3.25. The van der Waals surface area contributed by atoms with Gasteiger partial charge >= 0.3 is 6.18 Å². The number of benzene rings is 2. The topological polar surface area (TPSA) is 30.0 Å². The molecule has 0 N–H and O–H groups in total. The fourth-order valence-corrected chi connectivity index (χ4v) is 3.14. The quantitative estimate of drug-likeness (QED) is 0.586. The molecule has 1 aliphatic carbocycles. The molecule has 0 bridgehead atoms. The summed E-state index contributed by atoms with van der Waals surface area (Å²) >= 11 is 0. The smallest absolute Gasteiger partial charge is 0.289 e. The maximum Gasteiger partial charge on any atom is 0.420 e. The Morgan fingerprint density at radius 2 is 1.68 bits per heavy atom. The Hall–Kier alpha value is -3.02. The summed E-state index contributed by atoms with van der Waals surface area (Å²) in [6, 6.07) is 11.5. The minimum atomic E-state index is -4.83. The molecule has 4 rings (SSSR count). The predicted octanol–water partition coefficient (Wildman–Crippen LogP) is 4.93. The van der Waals surface area contributed by atoms with Crippen LogP contribution in [0.4, 0.5) is 17.6 Å². The number of fused-ring (bicyclic) bond motifs is 3. The lowest BCUT2D eigenvalue weighted by Crippen LogP contribution is -2.18. The van der Waals surface area contributed by atoms with E-state index >= 15 is 0 Å². The molecule has 2 aromatic carbocycles. The molecule has 2 nitrogen and oxygen atoms in total. The molecule has 0 saturated heterocycles. The van der Waals surface area contributed by atoms with Gasteiger partial charge in [-0.3, -0.25) is 9.78 Å². The van der Waals surface area contributed by atoms with E-state index in [1.165, 1.54) is 24.3 Å². The predicted molar refractivity (Wildman–Crippen MR) is 84.6 cm³/mol. The van der Waals surface area contributed by atoms with Gasteiger partial charge in [0, 0.05) is 28.3 Å². The number of hydrogen-bond donors (Lipinski definition) is 0. The standard InChI is InChI=1S/C19H9F4NO/c20-11-6-7-14-12(8-11)16-13(9-24-14)18(25)17(19(21,22)23)15(16)10-4-2-1-3-5-10/h1-9H. The van der Waals surface area contributed by atoms with Gasteiger partial charge in [0.25, 0.3) is 0 Å². The number of alkyl halides is 3. The van der Waals surface area contributed by atoms with E-state index in [-0.39, 0.29) is 27.6 Å². The SMILES string of the molecule is O=C1C(C(F)(F)F)=C(c2ccccc2)c2c1cnc1ccc(F)cc21. The first kappa shape index (κ1) is 15.5. The van der Waals surface area contributed by atoms with Crippen molar-refractivity contribution >= 4 is 22.3 Å². The van der Waals surface area contributed by atoms with Crippen molar-refractivity contribution in [1.29, 1.82) is 0 Å². The number of carbonyl (C=O) groups excluding carboxylic acids is 1. The Morgan fingerprint density at radius 3 is 2.36 bits per heavy atom. The van der Waals surface area contributed by atoms with Crippen LogP contribution in [0.3, 0.4) is 0 Å². The first-order chi connectivity index (χ1) is 11.9. The van der Waals surface area contributed by atoms with Gasteiger partial charge in [0.2, 0.25) is 5.78 Å². The van der Waals surface area contributed by atoms with Gasteiger partial charge in [0.05, 0.1) is 5.52 Å². The van der Waals surface area contributed by atoms with E-state index in [2.05, 4.69) is 4.98 Å². The van der Waals surface area contributed by atoms with Crippen LogP contribution in [0, 0.1) is 5.82 Å². The molecular weight excluding hydrogens is 334 g/mol. The number of halogens is 4. The van der Waals surface area contributed by atoms with E-state index in [4.69, 9.17) is 0 Å². The van der Waals surface area contributed by atoms with Crippen molar-refractivity contribution < 1.29 is 22.4 Å². The average molecular weight is 343 g/mol. The zero-order valence-corrected chi connectivity index (χ0v) is 12.6. The number of pyridine rings is 1. The second-order valence-corrected chi connectivity index (χ2v) is 5.65. The lowest BCUT2D eigenvalue weighted by Gasteiger charge is -2.12. The van der Waals surface area contributed by atoms with Crippen LogP contribution in [0.2, 0.25) is 0 Å². The highest BCUT2D eigenvalue weighted by Crippen LogP contribution is 2.46. The second kappa shape index (κ2) is 5.24. The van der Waals surface area contributed by atoms with Crippen molar-refractivity contribution in [3.63, 3.8) is 0 Å². The third-order valence-corrected chi connectivity index (χ3v) is 4.15. The minimum Gasteiger partial charge on any atom is -0.289 e. The van der Waals surface area contributed by atoms with Gasteiger partial charge in [-0.15, -0.1) is 0 Å². The van der Waals surface area contributed by atoms with E-state index in [1.54, 1.807) is 18.2 Å². The fourth-order valence-electron chi connectivity index (χ4n) is 3.14. The summed E-state index contributed by atoms with van der Waals surface area (Å²) in [6.45, 7) is 0. The maximum absolute atomic E-state index is 13.7. The molecule has 1 heterocycles. The zero-order valence-electron chi connectivity index (χ0n) is 12.6. The number of ketones is 1. The molecule has 6 heteroatoms. The summed E-state index contributed by atoms with van der Waals surface area (Å²) in [4.78, 5) is 16.5. The lowest BCUT2D eigenvalue weighted by molar-refractivity contribution is -0.0878. The van der Waals surface area contributed by atoms with Crippen molar-refractivity contribution in [3.05, 3.63) is 82.8 Å². The van der Waals surface area contributed by atoms with Crippen molar-refractivity contribution in [3.8, 4) is 0 Å². The largest absolute Gasteiger partial charge is 0.420 e. The fraction of sp³-hybridized carbons (Fsp3) is 0.0526. The monoisotopic (exact) mass is 343 g/mol. The molecule has 0 radical (unpaired) electrons. The summed E-state index contributed by atoms with van der Waals surface area (Å²) in [5.74, 6) is -1.75. The summed E-state index contributed by atoms with van der Waals surface area (Å²) < 4.78 is 54.6. The molecule has 25 heavy (non-hydrogen) atoms. The van der Waals surface area contributed by atoms with E-state index in [0.29, 0.717) is 5.52 Å². The minimum absolute atomic E-state index is 0.0769. The first-order valence-electron chi connectivity index (χ1n) is 7.38. The number of Topliss-reactive ketones (excluding diaryl/α,β-unsaturated/α-hetero) is 1. The number of rotatable bonds is 1. The highest BCUT2D eigenvalue weighted by molar-refractivity contribution is 6.26. The molecular formula is C19H9F4NO. The molecule has 0 fully saturated rings. The average Bonchev–Trinajstić information content (AvgIpc) is 2.89. The van der Waals surface area contributed by atoms with E-state index in [9.17, 15) is 22.4 Å². The third kappa shape index (κ3) is 2.33. The lowest BCUT2D eigenvalue weighted by atomic mass is 9.94. The number of nitrogens with zero attached hydrogens (tertiary/aromatic N) is 1. The van der Waals surface area contributed by atoms with E-state index in [0.717, 1.165) is 12.3 Å². The Bertz CT molecular complexity index is 1050. The summed E-state index contributed by atoms with van der Waals surface area (Å²) in [5, 5.41) is 0.184. The Morgan fingerprint density at radius 1 is 0.960 bits per heavy atom. The molecule has 0 spiro atoms. The van der Waals surface area contributed by atoms with Gasteiger partial charge in [-0.25, -0.2) is 4.39 Å². The van der Waals surface area contributed by atoms with Crippen LogP contribution in [0.1, 0.15) is 21.5 Å². The van der Waals surface area contributed by atoms with Crippen LogP contribution in [0.25, 0.3) is 16.5 Å². The van der Waals surface area contributed by atoms with E-state index in [1.807, 2.05) is 0 Å². The van der Waals surface area contributed by atoms with Crippen LogP contribution in [0.5, 0.6) is 0 Å². The molecule has 0 aliphatic heterocycles. The summed E-state index contributed by atoms with van der Waals surface area (Å²) in [7, 11) is 0. The molecule has 0 amide bonds. The highest BCUT2D eigenvalue weighted by atomic mass is 19.4. The first-order valence-corrected chi connectivity index (χ1v) is 7.38. The summed E-state index contributed by atoms with van der Waals surface area (Å²) in [5.41, 5.74) is -0.987. The Labute approximate surface area is 139 Å². The Balaban J connectivity index is 2.17. The van der Waals surface area contributed by atoms with Crippen LogP contribution >= 0.6 is 0 Å². The van der Waals surface area contributed by atoms with Gasteiger partial charge in [-0.1, -0.05) is 30.3 Å². The van der Waals surface area contributed by atoms with Crippen molar-refractivity contribution in [2.75, 3.05) is 0 Å². The van der Waals surface area contributed by atoms with Gasteiger partial charge < -0.3 is 0 Å². The molecule has 0 atom stereocenters. The van der Waals surface area contributed by atoms with Gasteiger partial charge in [-0.05, 0) is 23.8 Å². The van der Waals surface area contributed by atoms with Gasteiger partial charge in [0.15, 0.2) is 0 Å². The highest BCUT2D eigenvalue weighted by Gasteiger charge is 2.47. The van der Waals surface area contributed by atoms with Crippen LogP contribution in [0.15, 0.2) is 60.3 Å². The molecule has 3 aromatic rings. The maximum atomic E-state index is 13.7. The van der Waals surface area contributed by atoms with Crippen molar-refractivity contribution in [1.82, 2.24) is 4.98 Å². The number of aromatic nitrogens is 1. The molecule has 0 saturated carbocycles. The summed E-state index contributed by atoms with van der Waals surface area (Å²) in [6.07, 6.45) is -3.71. The number of carbonyl (C=O) groups is 1. The van der Waals surface area contributed by atoms with Crippen molar-refractivity contribution in [2.45, 2.75) is 6.18 Å². The third-order valence-electron chi connectivity index (χ3n) is 4.15. The molecule has 0 unspecified atom stereocenters. The van der Waals surface area contributed by atoms with Crippen molar-refractivity contribution in [2.24, 2.45) is 0 Å². The number of allylic oxidation sites excluding steroid dienone is 1. The zero-order chi connectivity index (χ0) is 17.8.